The van der Waals surface area contributed by atoms with Crippen LogP contribution in [0.5, 0.6) is 0 Å². The summed E-state index contributed by atoms with van der Waals surface area (Å²) in [5.41, 5.74) is 3.37. The molecule has 1 aliphatic heterocycles. The predicted octanol–water partition coefficient (Wildman–Crippen LogP) is 6.38. The molecule has 0 radical (unpaired) electrons. The molecule has 2 aromatic heterocycles. The number of hydrogen-bond donors (Lipinski definition) is 3. The summed E-state index contributed by atoms with van der Waals surface area (Å²) in [4.78, 5) is 37.9. The van der Waals surface area contributed by atoms with Gasteiger partial charge in [0, 0.05) is 59.8 Å². The Morgan fingerprint density at radius 3 is 2.51 bits per heavy atom. The summed E-state index contributed by atoms with van der Waals surface area (Å²) in [6, 6.07) is 14.1. The van der Waals surface area contributed by atoms with Gasteiger partial charge in [-0.3, -0.25) is 14.6 Å². The zero-order valence-corrected chi connectivity index (χ0v) is 27.6. The normalized spacial score (nSPS) is 16.1. The molecule has 0 aliphatic carbocycles. The first-order chi connectivity index (χ1) is 22.6. The van der Waals surface area contributed by atoms with Gasteiger partial charge in [0.25, 0.3) is 18.2 Å². The number of carbonyl (C=O) groups is 2. The number of benzene rings is 2. The number of thiazole rings is 1. The second-order valence-corrected chi connectivity index (χ2v) is 13.3. The minimum atomic E-state index is -2.89. The van der Waals surface area contributed by atoms with Crippen molar-refractivity contribution in [2.24, 2.45) is 0 Å². The summed E-state index contributed by atoms with van der Waals surface area (Å²) in [5, 5.41) is 20.1. The predicted molar refractivity (Wildman–Crippen MR) is 179 cm³/mol. The van der Waals surface area contributed by atoms with Crippen LogP contribution in [0.25, 0.3) is 0 Å². The van der Waals surface area contributed by atoms with Crippen molar-refractivity contribution in [1.82, 2.24) is 25.5 Å². The van der Waals surface area contributed by atoms with E-state index in [-0.39, 0.29) is 23.7 Å². The number of amides is 2. The molecule has 2 aromatic carbocycles. The lowest BCUT2D eigenvalue weighted by Gasteiger charge is -2.26. The topological polar surface area (TPSA) is 107 Å². The second kappa shape index (κ2) is 15.7. The standard InChI is InChI=1S/C36H41F2N5O3S/c1-22(2)29-12-25(17-39-19-29)18-40-20-32(44)30(13-24-8-5-4-6-9-24)42-34(45)27-14-26(33(37)38)15-28(16-27)36(46)43-11-7-10-31(43)35-41-23(3)21-47-35/h4-6,8-9,12,14-17,19,21-22,30-33,40,44H,7,10-11,13,18,20H2,1-3H3,(H,42,45)/t30-,31+,32+/m0/s1. The van der Waals surface area contributed by atoms with Gasteiger partial charge in [-0.15, -0.1) is 11.3 Å². The number of alkyl halides is 2. The zero-order valence-electron chi connectivity index (χ0n) is 26.8. The van der Waals surface area contributed by atoms with E-state index in [0.717, 1.165) is 52.4 Å². The third kappa shape index (κ3) is 8.85. The molecule has 0 spiro atoms. The fourth-order valence-corrected chi connectivity index (χ4v) is 6.76. The molecule has 1 aliphatic rings. The first kappa shape index (κ1) is 34.3. The maximum Gasteiger partial charge on any atom is 0.263 e. The van der Waals surface area contributed by atoms with E-state index >= 15 is 0 Å². The van der Waals surface area contributed by atoms with Crippen LogP contribution < -0.4 is 10.6 Å². The minimum Gasteiger partial charge on any atom is -0.390 e. The Labute approximate surface area is 278 Å². The Kier molecular flexibility index (Phi) is 11.4. The summed E-state index contributed by atoms with van der Waals surface area (Å²) in [7, 11) is 0. The van der Waals surface area contributed by atoms with Gasteiger partial charge in [-0.2, -0.15) is 0 Å². The first-order valence-corrected chi connectivity index (χ1v) is 16.8. The van der Waals surface area contributed by atoms with Gasteiger partial charge < -0.3 is 20.6 Å². The Bertz CT molecular complexity index is 1670. The van der Waals surface area contributed by atoms with Crippen LogP contribution in [0.1, 0.15) is 98.7 Å². The zero-order chi connectivity index (χ0) is 33.5. The van der Waals surface area contributed by atoms with E-state index in [1.807, 2.05) is 48.8 Å². The van der Waals surface area contributed by atoms with Gasteiger partial charge in [0.2, 0.25) is 0 Å². The summed E-state index contributed by atoms with van der Waals surface area (Å²) in [6.45, 7) is 7.18. The lowest BCUT2D eigenvalue weighted by atomic mass is 9.99. The molecule has 8 nitrogen and oxygen atoms in total. The van der Waals surface area contributed by atoms with Gasteiger partial charge in [0.05, 0.1) is 18.2 Å². The highest BCUT2D eigenvalue weighted by Gasteiger charge is 2.33. The maximum absolute atomic E-state index is 14.1. The van der Waals surface area contributed by atoms with Gasteiger partial charge in [-0.25, -0.2) is 13.8 Å². The number of aromatic nitrogens is 2. The van der Waals surface area contributed by atoms with Crippen molar-refractivity contribution >= 4 is 23.2 Å². The van der Waals surface area contributed by atoms with Gasteiger partial charge in [0.1, 0.15) is 5.01 Å². The number of hydrogen-bond acceptors (Lipinski definition) is 7. The number of halogens is 2. The summed E-state index contributed by atoms with van der Waals surface area (Å²) in [6.07, 6.45) is 1.52. The number of nitrogens with one attached hydrogen (secondary N) is 2. The van der Waals surface area contributed by atoms with Crippen molar-refractivity contribution < 1.29 is 23.5 Å². The highest BCUT2D eigenvalue weighted by Crippen LogP contribution is 2.35. The second-order valence-electron chi connectivity index (χ2n) is 12.4. The van der Waals surface area contributed by atoms with E-state index in [2.05, 4.69) is 40.5 Å². The smallest absolute Gasteiger partial charge is 0.263 e. The molecule has 4 aromatic rings. The highest BCUT2D eigenvalue weighted by atomic mass is 32.1. The van der Waals surface area contributed by atoms with Crippen molar-refractivity contribution in [3.63, 3.8) is 0 Å². The van der Waals surface area contributed by atoms with Crippen LogP contribution >= 0.6 is 11.3 Å². The van der Waals surface area contributed by atoms with Crippen molar-refractivity contribution in [1.29, 1.82) is 0 Å². The molecule has 3 heterocycles. The molecule has 248 valence electrons. The fourth-order valence-electron chi connectivity index (χ4n) is 5.82. The number of likely N-dealkylation sites (tertiary alicyclic amines) is 1. The van der Waals surface area contributed by atoms with Crippen molar-refractivity contribution in [3.05, 3.63) is 116 Å². The summed E-state index contributed by atoms with van der Waals surface area (Å²) in [5.74, 6) is -0.737. The molecule has 2 amide bonds. The fraction of sp³-hybridized carbons (Fsp3) is 0.389. The van der Waals surface area contributed by atoms with Gasteiger partial charge >= 0.3 is 0 Å². The summed E-state index contributed by atoms with van der Waals surface area (Å²) < 4.78 is 28.2. The molecule has 0 bridgehead atoms. The molecule has 11 heteroatoms. The molecular formula is C36H41F2N5O3S. The van der Waals surface area contributed by atoms with Crippen molar-refractivity contribution in [2.75, 3.05) is 13.1 Å². The van der Waals surface area contributed by atoms with Crippen LogP contribution in [0.4, 0.5) is 8.78 Å². The molecule has 0 unspecified atom stereocenters. The Morgan fingerprint density at radius 2 is 1.81 bits per heavy atom. The summed E-state index contributed by atoms with van der Waals surface area (Å²) >= 11 is 1.47. The van der Waals surface area contributed by atoms with Crippen LogP contribution in [-0.2, 0) is 13.0 Å². The number of aryl methyl sites for hydroxylation is 1. The lowest BCUT2D eigenvalue weighted by Crippen LogP contribution is -2.48. The van der Waals surface area contributed by atoms with Crippen LogP contribution in [0.3, 0.4) is 0 Å². The number of rotatable bonds is 13. The van der Waals surface area contributed by atoms with E-state index in [1.54, 1.807) is 11.1 Å². The van der Waals surface area contributed by atoms with Crippen LogP contribution in [0, 0.1) is 6.92 Å². The number of carbonyl (C=O) groups excluding carboxylic acids is 2. The average Bonchev–Trinajstić information content (AvgIpc) is 3.73. The monoisotopic (exact) mass is 661 g/mol. The van der Waals surface area contributed by atoms with Crippen LogP contribution in [-0.4, -0.2) is 57.0 Å². The first-order valence-electron chi connectivity index (χ1n) is 15.9. The van der Waals surface area contributed by atoms with E-state index in [4.69, 9.17) is 0 Å². The largest absolute Gasteiger partial charge is 0.390 e. The Hall–Kier alpha value is -4.06. The highest BCUT2D eigenvalue weighted by molar-refractivity contribution is 7.09. The SMILES string of the molecule is Cc1csc([C@H]2CCCN2C(=O)c2cc(C(=O)N[C@@H](Cc3ccccc3)[C@H](O)CNCc3cncc(C(C)C)c3)cc(C(F)F)c2)n1. The molecule has 0 saturated carbocycles. The van der Waals surface area contributed by atoms with Gasteiger partial charge in [-0.1, -0.05) is 50.2 Å². The number of nitrogens with zero attached hydrogens (tertiary/aromatic N) is 3. The van der Waals surface area contributed by atoms with Crippen molar-refractivity contribution in [2.45, 2.75) is 77.1 Å². The van der Waals surface area contributed by atoms with E-state index < -0.39 is 35.9 Å². The minimum absolute atomic E-state index is 0.0205. The molecule has 3 N–H and O–H groups in total. The number of pyridine rings is 1. The van der Waals surface area contributed by atoms with E-state index in [0.29, 0.717) is 25.4 Å². The maximum atomic E-state index is 14.1. The molecule has 1 saturated heterocycles. The third-order valence-corrected chi connectivity index (χ3v) is 9.46. The number of aliphatic hydroxyl groups is 1. The quantitative estimate of drug-likeness (QED) is 0.154. The molecule has 47 heavy (non-hydrogen) atoms. The Balaban J connectivity index is 1.34. The third-order valence-electron chi connectivity index (χ3n) is 8.40. The van der Waals surface area contributed by atoms with Crippen LogP contribution in [0.15, 0.2) is 72.4 Å². The molecule has 1 fully saturated rings. The molecular weight excluding hydrogens is 620 g/mol. The molecule has 5 rings (SSSR count). The van der Waals surface area contributed by atoms with Gasteiger partial charge in [-0.05, 0) is 67.0 Å². The van der Waals surface area contributed by atoms with E-state index in [9.17, 15) is 23.5 Å². The average molecular weight is 662 g/mol. The van der Waals surface area contributed by atoms with E-state index in [1.165, 1.54) is 17.4 Å². The number of aliphatic hydroxyl groups excluding tert-OH is 1. The molecule has 3 atom stereocenters. The Morgan fingerprint density at radius 1 is 1.04 bits per heavy atom. The van der Waals surface area contributed by atoms with Crippen LogP contribution in [0.2, 0.25) is 0 Å². The van der Waals surface area contributed by atoms with Gasteiger partial charge in [0.15, 0.2) is 0 Å². The van der Waals surface area contributed by atoms with Crippen molar-refractivity contribution in [3.8, 4) is 0 Å². The lowest BCUT2D eigenvalue weighted by molar-refractivity contribution is 0.0734.